The van der Waals surface area contributed by atoms with Crippen molar-refractivity contribution in [2.75, 3.05) is 39.3 Å². The smallest absolute Gasteiger partial charge is 0.265 e. The third-order valence-electron chi connectivity index (χ3n) is 7.03. The first-order valence-electron chi connectivity index (χ1n) is 14.5. The average molecular weight is 660 g/mol. The maximum atomic E-state index is 14.4. The molecule has 0 saturated carbocycles. The van der Waals surface area contributed by atoms with Crippen LogP contribution in [0, 0.1) is 5.82 Å². The fraction of sp³-hybridized carbons (Fsp3) is 0.394. The molecule has 0 radical (unpaired) electrons. The van der Waals surface area contributed by atoms with Gasteiger partial charge in [-0.2, -0.15) is 0 Å². The molecule has 0 bridgehead atoms. The minimum absolute atomic E-state index is 0.0268. The van der Waals surface area contributed by atoms with Gasteiger partial charge in [0.05, 0.1) is 39.0 Å². The van der Waals surface area contributed by atoms with E-state index in [2.05, 4.69) is 5.32 Å². The highest BCUT2D eigenvalue weighted by molar-refractivity contribution is 7.92. The first-order chi connectivity index (χ1) is 21.7. The van der Waals surface area contributed by atoms with Gasteiger partial charge in [0.25, 0.3) is 10.0 Å². The highest BCUT2D eigenvalue weighted by Crippen LogP contribution is 2.38. The number of ether oxygens (including phenoxy) is 4. The fourth-order valence-corrected chi connectivity index (χ4v) is 6.20. The molecule has 250 valence electrons. The Bertz CT molecular complexity index is 1620. The van der Waals surface area contributed by atoms with Gasteiger partial charge in [-0.3, -0.25) is 13.9 Å². The van der Waals surface area contributed by atoms with E-state index in [9.17, 15) is 22.4 Å². The maximum absolute atomic E-state index is 14.4. The number of methoxy groups -OCH3 is 4. The van der Waals surface area contributed by atoms with Crippen molar-refractivity contribution >= 4 is 27.5 Å². The molecule has 0 heterocycles. The number of hydrogen-bond acceptors (Lipinski definition) is 8. The summed E-state index contributed by atoms with van der Waals surface area (Å²) < 4.78 is 65.0. The molecule has 0 aliphatic carbocycles. The molecule has 0 aromatic heterocycles. The molecular formula is C33H42FN3O8S. The molecule has 3 aromatic rings. The van der Waals surface area contributed by atoms with E-state index in [4.69, 9.17) is 18.9 Å². The van der Waals surface area contributed by atoms with Crippen LogP contribution >= 0.6 is 0 Å². The van der Waals surface area contributed by atoms with E-state index in [0.717, 1.165) is 4.31 Å². The van der Waals surface area contributed by atoms with E-state index in [1.807, 2.05) is 20.8 Å². The summed E-state index contributed by atoms with van der Waals surface area (Å²) in [6.07, 6.45) is 0.222. The number of amides is 2. The maximum Gasteiger partial charge on any atom is 0.265 e. The highest BCUT2D eigenvalue weighted by atomic mass is 32.2. The van der Waals surface area contributed by atoms with Crippen LogP contribution in [-0.2, 0) is 26.2 Å². The minimum Gasteiger partial charge on any atom is -0.497 e. The molecule has 0 fully saturated rings. The Morgan fingerprint density at radius 2 is 1.46 bits per heavy atom. The van der Waals surface area contributed by atoms with Crippen molar-refractivity contribution < 1.29 is 41.3 Å². The van der Waals surface area contributed by atoms with Gasteiger partial charge in [0.1, 0.15) is 29.9 Å². The molecule has 1 unspecified atom stereocenters. The van der Waals surface area contributed by atoms with E-state index in [0.29, 0.717) is 17.1 Å². The third kappa shape index (κ3) is 8.59. The third-order valence-corrected chi connectivity index (χ3v) is 8.78. The number of nitrogens with one attached hydrogen (secondary N) is 1. The Morgan fingerprint density at radius 1 is 0.848 bits per heavy atom. The number of anilines is 1. The van der Waals surface area contributed by atoms with Crippen LogP contribution < -0.4 is 28.6 Å². The number of carbonyl (C=O) groups is 2. The lowest BCUT2D eigenvalue weighted by Gasteiger charge is -2.35. The molecule has 0 saturated heterocycles. The Labute approximate surface area is 270 Å². The average Bonchev–Trinajstić information content (AvgIpc) is 3.02. The Kier molecular flexibility index (Phi) is 11.9. The van der Waals surface area contributed by atoms with Crippen molar-refractivity contribution in [1.29, 1.82) is 0 Å². The van der Waals surface area contributed by atoms with Gasteiger partial charge < -0.3 is 29.2 Å². The molecule has 13 heteroatoms. The molecular weight excluding hydrogens is 617 g/mol. The topological polar surface area (TPSA) is 124 Å². The summed E-state index contributed by atoms with van der Waals surface area (Å²) in [6, 6.07) is 13.2. The number of nitrogens with zero attached hydrogens (tertiary/aromatic N) is 2. The molecule has 46 heavy (non-hydrogen) atoms. The highest BCUT2D eigenvalue weighted by Gasteiger charge is 2.36. The lowest BCUT2D eigenvalue weighted by atomic mass is 10.1. The molecule has 0 aliphatic heterocycles. The van der Waals surface area contributed by atoms with Gasteiger partial charge in [-0.15, -0.1) is 0 Å². The molecule has 0 spiro atoms. The zero-order valence-corrected chi connectivity index (χ0v) is 28.2. The Balaban J connectivity index is 2.20. The zero-order chi connectivity index (χ0) is 34.2. The summed E-state index contributed by atoms with van der Waals surface area (Å²) in [6.45, 7) is 6.39. The van der Waals surface area contributed by atoms with E-state index < -0.39 is 45.8 Å². The van der Waals surface area contributed by atoms with Crippen LogP contribution in [0.15, 0.2) is 65.6 Å². The van der Waals surface area contributed by atoms with Crippen LogP contribution in [0.25, 0.3) is 0 Å². The lowest BCUT2D eigenvalue weighted by Crippen LogP contribution is -2.55. The van der Waals surface area contributed by atoms with Crippen LogP contribution in [0.4, 0.5) is 10.1 Å². The van der Waals surface area contributed by atoms with Crippen LogP contribution in [0.1, 0.15) is 39.7 Å². The largest absolute Gasteiger partial charge is 0.497 e. The van der Waals surface area contributed by atoms with E-state index in [1.54, 1.807) is 13.0 Å². The van der Waals surface area contributed by atoms with Gasteiger partial charge >= 0.3 is 0 Å². The van der Waals surface area contributed by atoms with Crippen molar-refractivity contribution in [2.45, 2.75) is 57.1 Å². The van der Waals surface area contributed by atoms with Crippen LogP contribution in [0.3, 0.4) is 0 Å². The van der Waals surface area contributed by atoms with Gasteiger partial charge in [-0.1, -0.05) is 19.1 Å². The predicted octanol–water partition coefficient (Wildman–Crippen LogP) is 4.78. The zero-order valence-electron chi connectivity index (χ0n) is 27.4. The van der Waals surface area contributed by atoms with Crippen LogP contribution in [0.5, 0.6) is 23.0 Å². The van der Waals surface area contributed by atoms with Gasteiger partial charge in [0.15, 0.2) is 11.5 Å². The van der Waals surface area contributed by atoms with Gasteiger partial charge in [-0.25, -0.2) is 12.8 Å². The SMILES string of the molecule is CCC(C(=O)NC(C)(C)C)N(Cc1ccc(F)cc1)C(=O)CN(c1cc(OC)ccc1OC)S(=O)(=O)c1ccc(OC)c(OC)c1. The van der Waals surface area contributed by atoms with Gasteiger partial charge in [0.2, 0.25) is 11.8 Å². The van der Waals surface area contributed by atoms with Crippen molar-refractivity contribution in [3.8, 4) is 23.0 Å². The van der Waals surface area contributed by atoms with Crippen molar-refractivity contribution in [3.05, 3.63) is 72.0 Å². The lowest BCUT2D eigenvalue weighted by molar-refractivity contribution is -0.141. The number of rotatable bonds is 14. The molecule has 0 aliphatic rings. The summed E-state index contributed by atoms with van der Waals surface area (Å²) in [4.78, 5) is 29.0. The quantitative estimate of drug-likeness (QED) is 0.263. The molecule has 11 nitrogen and oxygen atoms in total. The van der Waals surface area contributed by atoms with E-state index in [1.165, 1.54) is 87.9 Å². The summed E-state index contributed by atoms with van der Waals surface area (Å²) in [5.41, 5.74) is -0.0322. The monoisotopic (exact) mass is 659 g/mol. The van der Waals surface area contributed by atoms with Crippen molar-refractivity contribution in [2.24, 2.45) is 0 Å². The Hall–Kier alpha value is -4.52. The van der Waals surface area contributed by atoms with Crippen LogP contribution in [-0.4, -0.2) is 71.7 Å². The summed E-state index contributed by atoms with van der Waals surface area (Å²) >= 11 is 0. The predicted molar refractivity (Wildman–Crippen MR) is 173 cm³/mol. The second kappa shape index (κ2) is 15.2. The Morgan fingerprint density at radius 3 is 2.00 bits per heavy atom. The van der Waals surface area contributed by atoms with Gasteiger partial charge in [-0.05, 0) is 69.2 Å². The normalized spacial score (nSPS) is 12.1. The van der Waals surface area contributed by atoms with E-state index >= 15 is 0 Å². The van der Waals surface area contributed by atoms with Crippen molar-refractivity contribution in [1.82, 2.24) is 10.2 Å². The summed E-state index contributed by atoms with van der Waals surface area (Å²) in [7, 11) is 1.11. The summed E-state index contributed by atoms with van der Waals surface area (Å²) in [5.74, 6) is -0.626. The fourth-order valence-electron chi connectivity index (χ4n) is 4.77. The molecule has 2 amide bonds. The number of hydrogen-bond donors (Lipinski definition) is 1. The van der Waals surface area contributed by atoms with Crippen molar-refractivity contribution in [3.63, 3.8) is 0 Å². The van der Waals surface area contributed by atoms with E-state index in [-0.39, 0.29) is 35.0 Å². The molecule has 3 rings (SSSR count). The molecule has 3 aromatic carbocycles. The summed E-state index contributed by atoms with van der Waals surface area (Å²) in [5, 5.41) is 2.91. The minimum atomic E-state index is -4.49. The van der Waals surface area contributed by atoms with Gasteiger partial charge in [0, 0.05) is 24.2 Å². The molecule has 1 atom stereocenters. The second-order valence-electron chi connectivity index (χ2n) is 11.4. The number of sulfonamides is 1. The second-order valence-corrected chi connectivity index (χ2v) is 13.2. The first-order valence-corrected chi connectivity index (χ1v) is 16.0. The van der Waals surface area contributed by atoms with Crippen LogP contribution in [0.2, 0.25) is 0 Å². The first kappa shape index (κ1) is 36.0. The molecule has 1 N–H and O–H groups in total. The number of halogens is 1. The standard InChI is InChI=1S/C33H42FN3O8S/c1-9-26(32(39)35-33(2,3)4)36(20-22-10-12-23(34)13-11-22)31(38)21-37(27-18-24(42-5)14-16-28(27)43-6)46(40,41)25-15-17-29(44-7)30(19-25)45-8/h10-19,26H,9,20-21H2,1-8H3,(H,35,39). The number of benzene rings is 3. The number of carbonyl (C=O) groups excluding carboxylic acids is 2.